The lowest BCUT2D eigenvalue weighted by atomic mass is 10.1. The molecule has 2 fully saturated rings. The molecule has 10 heteroatoms. The number of hydrogen-bond acceptors (Lipinski definition) is 6. The molecule has 0 bridgehead atoms. The molecular formula is C23H31N5O4S. The Kier molecular flexibility index (Phi) is 7.79. The highest BCUT2D eigenvalue weighted by molar-refractivity contribution is 7.89. The van der Waals surface area contributed by atoms with Gasteiger partial charge in [0.15, 0.2) is 0 Å². The molecule has 2 N–H and O–H groups in total. The summed E-state index contributed by atoms with van der Waals surface area (Å²) in [5.41, 5.74) is 1.81. The number of piperidine rings is 1. The Morgan fingerprint density at radius 2 is 1.64 bits per heavy atom. The third kappa shape index (κ3) is 6.01. The number of rotatable bonds is 7. The summed E-state index contributed by atoms with van der Waals surface area (Å²) in [6.45, 7) is 4.23. The van der Waals surface area contributed by atoms with Crippen molar-refractivity contribution in [3.05, 3.63) is 53.7 Å². The van der Waals surface area contributed by atoms with Gasteiger partial charge in [0.2, 0.25) is 10.0 Å². The Bertz CT molecular complexity index is 1030. The number of aromatic nitrogens is 1. The van der Waals surface area contributed by atoms with Crippen molar-refractivity contribution in [3.63, 3.8) is 0 Å². The highest BCUT2D eigenvalue weighted by Gasteiger charge is 2.26. The smallest absolute Gasteiger partial charge is 0.315 e. The summed E-state index contributed by atoms with van der Waals surface area (Å²) in [5.74, 6) is 0.939. The molecular weight excluding hydrogens is 442 g/mol. The van der Waals surface area contributed by atoms with E-state index in [0.29, 0.717) is 39.4 Å². The molecule has 2 aliphatic rings. The molecule has 0 saturated carbocycles. The number of pyridine rings is 1. The van der Waals surface area contributed by atoms with E-state index in [4.69, 9.17) is 4.74 Å². The van der Waals surface area contributed by atoms with E-state index in [2.05, 4.69) is 20.5 Å². The molecule has 2 aliphatic heterocycles. The molecule has 1 aromatic heterocycles. The summed E-state index contributed by atoms with van der Waals surface area (Å²) in [5, 5.41) is 5.73. The normalized spacial score (nSPS) is 17.5. The molecule has 2 aromatic rings. The number of amides is 2. The fraction of sp³-hybridized carbons (Fsp3) is 0.478. The first-order chi connectivity index (χ1) is 16.0. The summed E-state index contributed by atoms with van der Waals surface area (Å²) < 4.78 is 32.1. The quantitative estimate of drug-likeness (QED) is 0.638. The lowest BCUT2D eigenvalue weighted by molar-refractivity contribution is 0.0730. The molecule has 0 radical (unpaired) electrons. The van der Waals surface area contributed by atoms with Crippen LogP contribution in [0.25, 0.3) is 0 Å². The van der Waals surface area contributed by atoms with E-state index in [1.54, 1.807) is 30.5 Å². The number of carbonyl (C=O) groups excluding carboxylic acids is 1. The molecule has 0 spiro atoms. The van der Waals surface area contributed by atoms with Gasteiger partial charge in [0.25, 0.3) is 0 Å². The van der Waals surface area contributed by atoms with Crippen molar-refractivity contribution in [1.82, 2.24) is 19.9 Å². The van der Waals surface area contributed by atoms with Crippen LogP contribution in [0.4, 0.5) is 10.6 Å². The van der Waals surface area contributed by atoms with Crippen molar-refractivity contribution < 1.29 is 17.9 Å². The topological polar surface area (TPSA) is 104 Å². The Morgan fingerprint density at radius 3 is 2.36 bits per heavy atom. The molecule has 9 nitrogen and oxygen atoms in total. The summed E-state index contributed by atoms with van der Waals surface area (Å²) >= 11 is 0. The van der Waals surface area contributed by atoms with Gasteiger partial charge in [-0.3, -0.25) is 0 Å². The minimum atomic E-state index is -3.52. The first kappa shape index (κ1) is 23.5. The number of sulfonamides is 1. The van der Waals surface area contributed by atoms with Gasteiger partial charge in [-0.1, -0.05) is 18.2 Å². The van der Waals surface area contributed by atoms with E-state index in [-0.39, 0.29) is 10.9 Å². The molecule has 33 heavy (non-hydrogen) atoms. The second-order valence-corrected chi connectivity index (χ2v) is 10.2. The maximum Gasteiger partial charge on any atom is 0.315 e. The number of carbonyl (C=O) groups is 1. The molecule has 3 heterocycles. The van der Waals surface area contributed by atoms with E-state index in [0.717, 1.165) is 42.9 Å². The van der Waals surface area contributed by atoms with Gasteiger partial charge in [-0.2, -0.15) is 4.31 Å². The van der Waals surface area contributed by atoms with Gasteiger partial charge >= 0.3 is 6.03 Å². The number of nitrogens with one attached hydrogen (secondary N) is 2. The first-order valence-corrected chi connectivity index (χ1v) is 12.9. The van der Waals surface area contributed by atoms with Crippen molar-refractivity contribution in [2.75, 3.05) is 44.3 Å². The highest BCUT2D eigenvalue weighted by Crippen LogP contribution is 2.21. The minimum Gasteiger partial charge on any atom is -0.379 e. The second kappa shape index (κ2) is 11.0. The van der Waals surface area contributed by atoms with Crippen molar-refractivity contribution in [1.29, 1.82) is 0 Å². The lowest BCUT2D eigenvalue weighted by Gasteiger charge is -2.29. The maximum absolute atomic E-state index is 12.7. The lowest BCUT2D eigenvalue weighted by Crippen LogP contribution is -2.40. The molecule has 0 unspecified atom stereocenters. The Morgan fingerprint density at radius 1 is 0.939 bits per heavy atom. The molecule has 1 aromatic carbocycles. The number of anilines is 1. The highest BCUT2D eigenvalue weighted by atomic mass is 32.2. The molecule has 4 rings (SSSR count). The first-order valence-electron chi connectivity index (χ1n) is 11.4. The molecule has 2 saturated heterocycles. The van der Waals surface area contributed by atoms with Crippen LogP contribution in [-0.2, 0) is 27.8 Å². The molecule has 178 valence electrons. The fourth-order valence-corrected chi connectivity index (χ4v) is 5.50. The Balaban J connectivity index is 1.28. The van der Waals surface area contributed by atoms with E-state index < -0.39 is 10.0 Å². The van der Waals surface area contributed by atoms with Crippen molar-refractivity contribution >= 4 is 21.9 Å². The van der Waals surface area contributed by atoms with Gasteiger partial charge in [-0.15, -0.1) is 0 Å². The van der Waals surface area contributed by atoms with E-state index >= 15 is 0 Å². The summed E-state index contributed by atoms with van der Waals surface area (Å²) in [6.07, 6.45) is 5.36. The number of hydrogen-bond donors (Lipinski definition) is 2. The number of morpholine rings is 1. The number of nitrogens with zero attached hydrogens (tertiary/aromatic N) is 3. The molecule has 0 atom stereocenters. The van der Waals surface area contributed by atoms with Crippen LogP contribution in [0.5, 0.6) is 0 Å². The van der Waals surface area contributed by atoms with Gasteiger partial charge < -0.3 is 20.3 Å². The number of ether oxygens (including phenoxy) is 1. The van der Waals surface area contributed by atoms with Gasteiger partial charge in [0, 0.05) is 51.0 Å². The zero-order chi connectivity index (χ0) is 23.1. The SMILES string of the molecule is O=C(NCc1ccc(S(=O)(=O)N2CCOCC2)cc1)NCc1cccnc1N1CCCCC1. The largest absolute Gasteiger partial charge is 0.379 e. The zero-order valence-corrected chi connectivity index (χ0v) is 19.5. The van der Waals surface area contributed by atoms with Crippen LogP contribution in [-0.4, -0.2) is 63.1 Å². The minimum absolute atomic E-state index is 0.249. The van der Waals surface area contributed by atoms with Crippen LogP contribution in [0.3, 0.4) is 0 Å². The van der Waals surface area contributed by atoms with Crippen LogP contribution in [0.2, 0.25) is 0 Å². The van der Waals surface area contributed by atoms with Gasteiger partial charge in [-0.05, 0) is 43.0 Å². The van der Waals surface area contributed by atoms with E-state index in [1.165, 1.54) is 10.7 Å². The third-order valence-corrected chi connectivity index (χ3v) is 7.86. The zero-order valence-electron chi connectivity index (χ0n) is 18.7. The van der Waals surface area contributed by atoms with Crippen molar-refractivity contribution in [3.8, 4) is 0 Å². The number of urea groups is 1. The monoisotopic (exact) mass is 473 g/mol. The summed E-state index contributed by atoms with van der Waals surface area (Å²) in [6, 6.07) is 10.2. The molecule has 0 aliphatic carbocycles. The maximum atomic E-state index is 12.7. The van der Waals surface area contributed by atoms with E-state index in [1.807, 2.05) is 12.1 Å². The average molecular weight is 474 g/mol. The van der Waals surface area contributed by atoms with Gasteiger partial charge in [-0.25, -0.2) is 18.2 Å². The fourth-order valence-electron chi connectivity index (χ4n) is 4.09. The molecule has 2 amide bonds. The third-order valence-electron chi connectivity index (χ3n) is 5.95. The predicted octanol–water partition coefficient (Wildman–Crippen LogP) is 2.09. The average Bonchev–Trinajstić information content (AvgIpc) is 2.87. The predicted molar refractivity (Wildman–Crippen MR) is 125 cm³/mol. The standard InChI is InChI=1S/C23H31N5O4S/c29-23(26-18-20-5-4-10-24-22(20)27-11-2-1-3-12-27)25-17-19-6-8-21(9-7-19)33(30,31)28-13-15-32-16-14-28/h4-10H,1-3,11-18H2,(H2,25,26,29). The van der Waals surface area contributed by atoms with Gasteiger partial charge in [0.1, 0.15) is 5.82 Å². The number of benzene rings is 1. The van der Waals surface area contributed by atoms with Crippen LogP contribution >= 0.6 is 0 Å². The van der Waals surface area contributed by atoms with Crippen LogP contribution in [0.1, 0.15) is 30.4 Å². The van der Waals surface area contributed by atoms with Crippen LogP contribution < -0.4 is 15.5 Å². The Hall–Kier alpha value is -2.69. The van der Waals surface area contributed by atoms with Crippen molar-refractivity contribution in [2.24, 2.45) is 0 Å². The summed E-state index contributed by atoms with van der Waals surface area (Å²) in [7, 11) is -3.52. The van der Waals surface area contributed by atoms with Crippen molar-refractivity contribution in [2.45, 2.75) is 37.2 Å². The van der Waals surface area contributed by atoms with Crippen LogP contribution in [0, 0.1) is 0 Å². The van der Waals surface area contributed by atoms with Gasteiger partial charge in [0.05, 0.1) is 18.1 Å². The Labute approximate surface area is 195 Å². The second-order valence-electron chi connectivity index (χ2n) is 8.23. The summed E-state index contributed by atoms with van der Waals surface area (Å²) in [4.78, 5) is 19.4. The van der Waals surface area contributed by atoms with E-state index in [9.17, 15) is 13.2 Å². The van der Waals surface area contributed by atoms with Crippen LogP contribution in [0.15, 0.2) is 47.5 Å².